The van der Waals surface area contributed by atoms with Gasteiger partial charge in [-0.15, -0.1) is 0 Å². The summed E-state index contributed by atoms with van der Waals surface area (Å²) in [6, 6.07) is 7.08. The normalized spacial score (nSPS) is 19.1. The lowest BCUT2D eigenvalue weighted by Crippen LogP contribution is -1.95. The highest BCUT2D eigenvalue weighted by Gasteiger charge is 2.30. The maximum Gasteiger partial charge on any atom is 0.340 e. The Morgan fingerprint density at radius 1 is 1.54 bits per heavy atom. The standard InChI is InChI=1S/C9H4BrNO2/c10-5-1-2-6-7(3-5)9(12)13-8(6)4-11/h1-3,8H. The molecule has 1 heterocycles. The van der Waals surface area contributed by atoms with Gasteiger partial charge in [-0.25, -0.2) is 4.79 Å². The number of esters is 1. The van der Waals surface area contributed by atoms with Crippen LogP contribution in [0.3, 0.4) is 0 Å². The number of ether oxygens (including phenoxy) is 1. The van der Waals surface area contributed by atoms with Crippen molar-refractivity contribution in [3.05, 3.63) is 33.8 Å². The summed E-state index contributed by atoms with van der Waals surface area (Å²) >= 11 is 3.24. The van der Waals surface area contributed by atoms with Crippen LogP contribution in [0.2, 0.25) is 0 Å². The summed E-state index contributed by atoms with van der Waals surface area (Å²) in [7, 11) is 0. The topological polar surface area (TPSA) is 50.1 Å². The molecule has 13 heavy (non-hydrogen) atoms. The Balaban J connectivity index is 2.60. The number of nitriles is 1. The molecule has 1 aliphatic heterocycles. The second-order valence-corrected chi connectivity index (χ2v) is 3.56. The van der Waals surface area contributed by atoms with Crippen LogP contribution >= 0.6 is 15.9 Å². The SMILES string of the molecule is N#CC1OC(=O)c2cc(Br)ccc21. The van der Waals surface area contributed by atoms with Crippen molar-refractivity contribution in [1.29, 1.82) is 5.26 Å². The molecule has 0 saturated carbocycles. The fourth-order valence-electron chi connectivity index (χ4n) is 1.26. The van der Waals surface area contributed by atoms with Crippen molar-refractivity contribution in [3.8, 4) is 6.07 Å². The van der Waals surface area contributed by atoms with E-state index in [0.717, 1.165) is 4.47 Å². The number of nitrogens with zero attached hydrogens (tertiary/aromatic N) is 1. The minimum absolute atomic E-state index is 0.428. The minimum atomic E-state index is -0.740. The van der Waals surface area contributed by atoms with Gasteiger partial charge in [0.05, 0.1) is 5.56 Å². The summed E-state index contributed by atoms with van der Waals surface area (Å²) < 4.78 is 5.62. The lowest BCUT2D eigenvalue weighted by molar-refractivity contribution is 0.0478. The molecule has 0 N–H and O–H groups in total. The Bertz CT molecular complexity index is 422. The summed E-state index contributed by atoms with van der Waals surface area (Å²) in [5.74, 6) is -0.428. The third kappa shape index (κ3) is 1.21. The number of carbonyl (C=O) groups is 1. The number of halogens is 1. The number of benzene rings is 1. The van der Waals surface area contributed by atoms with E-state index in [2.05, 4.69) is 15.9 Å². The van der Waals surface area contributed by atoms with Crippen LogP contribution in [0.4, 0.5) is 0 Å². The Labute approximate surface area is 83.1 Å². The van der Waals surface area contributed by atoms with Crippen molar-refractivity contribution < 1.29 is 9.53 Å². The quantitative estimate of drug-likeness (QED) is 0.651. The van der Waals surface area contributed by atoms with Crippen LogP contribution in [-0.4, -0.2) is 5.97 Å². The third-order valence-corrected chi connectivity index (χ3v) is 2.35. The van der Waals surface area contributed by atoms with E-state index < -0.39 is 12.1 Å². The first-order valence-electron chi connectivity index (χ1n) is 3.62. The Morgan fingerprint density at radius 3 is 3.00 bits per heavy atom. The maximum atomic E-state index is 11.2. The number of fused-ring (bicyclic) bond motifs is 1. The summed E-state index contributed by atoms with van der Waals surface area (Å²) in [5.41, 5.74) is 1.12. The molecule has 0 radical (unpaired) electrons. The van der Waals surface area contributed by atoms with E-state index in [1.165, 1.54) is 0 Å². The Hall–Kier alpha value is -1.34. The molecule has 4 heteroatoms. The van der Waals surface area contributed by atoms with E-state index in [9.17, 15) is 4.79 Å². The number of hydrogen-bond acceptors (Lipinski definition) is 3. The summed E-state index contributed by atoms with van der Waals surface area (Å²) in [5, 5.41) is 8.66. The van der Waals surface area contributed by atoms with Crippen LogP contribution in [-0.2, 0) is 4.74 Å². The lowest BCUT2D eigenvalue weighted by Gasteiger charge is -1.97. The van der Waals surface area contributed by atoms with Gasteiger partial charge in [0, 0.05) is 10.0 Å². The van der Waals surface area contributed by atoms with Gasteiger partial charge in [-0.05, 0) is 12.1 Å². The van der Waals surface area contributed by atoms with E-state index in [-0.39, 0.29) is 0 Å². The fraction of sp³-hybridized carbons (Fsp3) is 0.111. The molecule has 0 fully saturated rings. The second-order valence-electron chi connectivity index (χ2n) is 2.65. The summed E-state index contributed by atoms with van der Waals surface area (Å²) in [4.78, 5) is 11.2. The molecule has 1 unspecified atom stereocenters. The van der Waals surface area contributed by atoms with Crippen LogP contribution in [0.15, 0.2) is 22.7 Å². The van der Waals surface area contributed by atoms with Crippen molar-refractivity contribution in [2.24, 2.45) is 0 Å². The van der Waals surface area contributed by atoms with Gasteiger partial charge in [-0.3, -0.25) is 0 Å². The molecule has 1 aromatic rings. The van der Waals surface area contributed by atoms with Crippen LogP contribution < -0.4 is 0 Å². The van der Waals surface area contributed by atoms with Gasteiger partial charge in [0.1, 0.15) is 6.07 Å². The monoisotopic (exact) mass is 237 g/mol. The number of hydrogen-bond donors (Lipinski definition) is 0. The fourth-order valence-corrected chi connectivity index (χ4v) is 1.62. The molecule has 1 atom stereocenters. The first-order valence-corrected chi connectivity index (χ1v) is 4.41. The molecular weight excluding hydrogens is 234 g/mol. The van der Waals surface area contributed by atoms with Gasteiger partial charge in [0.2, 0.25) is 6.10 Å². The van der Waals surface area contributed by atoms with Gasteiger partial charge in [0.25, 0.3) is 0 Å². The molecule has 0 spiro atoms. The number of cyclic esters (lactones) is 1. The molecule has 0 aliphatic carbocycles. The predicted molar refractivity (Wildman–Crippen MR) is 47.9 cm³/mol. The molecular formula is C9H4BrNO2. The Morgan fingerprint density at radius 2 is 2.31 bits per heavy atom. The average Bonchev–Trinajstić information content (AvgIpc) is 2.43. The van der Waals surface area contributed by atoms with Gasteiger partial charge in [-0.1, -0.05) is 22.0 Å². The third-order valence-electron chi connectivity index (χ3n) is 1.86. The highest BCUT2D eigenvalue weighted by Crippen LogP contribution is 2.31. The zero-order chi connectivity index (χ0) is 9.42. The molecule has 1 aromatic carbocycles. The molecule has 2 rings (SSSR count). The zero-order valence-electron chi connectivity index (χ0n) is 6.45. The molecule has 0 bridgehead atoms. The maximum absolute atomic E-state index is 11.2. The highest BCUT2D eigenvalue weighted by atomic mass is 79.9. The molecule has 0 saturated heterocycles. The Kier molecular flexibility index (Phi) is 1.82. The smallest absolute Gasteiger partial charge is 0.340 e. The van der Waals surface area contributed by atoms with Crippen molar-refractivity contribution in [3.63, 3.8) is 0 Å². The largest absolute Gasteiger partial charge is 0.438 e. The van der Waals surface area contributed by atoms with Crippen molar-refractivity contribution in [2.75, 3.05) is 0 Å². The molecule has 64 valence electrons. The highest BCUT2D eigenvalue weighted by molar-refractivity contribution is 9.10. The average molecular weight is 238 g/mol. The van der Waals surface area contributed by atoms with Crippen LogP contribution in [0.5, 0.6) is 0 Å². The lowest BCUT2D eigenvalue weighted by atomic mass is 10.1. The van der Waals surface area contributed by atoms with E-state index in [1.54, 1.807) is 18.2 Å². The van der Waals surface area contributed by atoms with Crippen molar-refractivity contribution in [1.82, 2.24) is 0 Å². The molecule has 1 aliphatic rings. The number of rotatable bonds is 0. The van der Waals surface area contributed by atoms with Crippen molar-refractivity contribution >= 4 is 21.9 Å². The first-order chi connectivity index (χ1) is 6.22. The first kappa shape index (κ1) is 8.27. The predicted octanol–water partition coefficient (Wildman–Crippen LogP) is 2.18. The van der Waals surface area contributed by atoms with Crippen LogP contribution in [0.1, 0.15) is 22.0 Å². The number of carbonyl (C=O) groups excluding carboxylic acids is 1. The van der Waals surface area contributed by atoms with Gasteiger partial charge >= 0.3 is 5.97 Å². The molecule has 0 aromatic heterocycles. The summed E-state index contributed by atoms with van der Waals surface area (Å²) in [6.45, 7) is 0. The van der Waals surface area contributed by atoms with E-state index in [1.807, 2.05) is 6.07 Å². The van der Waals surface area contributed by atoms with E-state index in [0.29, 0.717) is 11.1 Å². The van der Waals surface area contributed by atoms with Crippen molar-refractivity contribution in [2.45, 2.75) is 6.10 Å². The minimum Gasteiger partial charge on any atom is -0.438 e. The summed E-state index contributed by atoms with van der Waals surface area (Å²) in [6.07, 6.45) is -0.740. The molecule has 3 nitrogen and oxygen atoms in total. The van der Waals surface area contributed by atoms with Gasteiger partial charge in [-0.2, -0.15) is 5.26 Å². The van der Waals surface area contributed by atoms with E-state index >= 15 is 0 Å². The zero-order valence-corrected chi connectivity index (χ0v) is 8.04. The van der Waals surface area contributed by atoms with Gasteiger partial charge < -0.3 is 4.74 Å². The van der Waals surface area contributed by atoms with Crippen LogP contribution in [0.25, 0.3) is 0 Å². The van der Waals surface area contributed by atoms with Gasteiger partial charge in [0.15, 0.2) is 0 Å². The van der Waals surface area contributed by atoms with Crippen LogP contribution in [0, 0.1) is 11.3 Å². The van der Waals surface area contributed by atoms with E-state index in [4.69, 9.17) is 10.00 Å². The second kappa shape index (κ2) is 2.86. The molecule has 0 amide bonds.